The lowest BCUT2D eigenvalue weighted by Gasteiger charge is -2.11. The van der Waals surface area contributed by atoms with Gasteiger partial charge in [-0.2, -0.15) is 5.10 Å². The number of hydrogen-bond donors (Lipinski definition) is 2. The summed E-state index contributed by atoms with van der Waals surface area (Å²) in [6.45, 7) is 2.37. The second-order valence-electron chi connectivity index (χ2n) is 6.70. The van der Waals surface area contributed by atoms with E-state index in [2.05, 4.69) is 15.5 Å². The Bertz CT molecular complexity index is 1130. The van der Waals surface area contributed by atoms with Gasteiger partial charge in [-0.1, -0.05) is 12.1 Å². The van der Waals surface area contributed by atoms with Crippen LogP contribution in [0.25, 0.3) is 0 Å². The van der Waals surface area contributed by atoms with Crippen molar-refractivity contribution < 1.29 is 28.9 Å². The standard InChI is InChI=1S/C23H23N3O6S/c1-3-31-21(27)11-18-14-33-23(25-18)26-24-12-16-6-9-19(20(10-16)30-2)32-13-15-4-7-17(8-5-15)22(28)29/h4-10,12,14H,3,11,13H2,1-2H3,(H,25,26)(H,28,29). The van der Waals surface area contributed by atoms with Gasteiger partial charge in [-0.05, 0) is 48.4 Å². The van der Waals surface area contributed by atoms with Gasteiger partial charge in [0.05, 0.1) is 37.6 Å². The van der Waals surface area contributed by atoms with Gasteiger partial charge < -0.3 is 19.3 Å². The summed E-state index contributed by atoms with van der Waals surface area (Å²) in [5.41, 5.74) is 5.30. The van der Waals surface area contributed by atoms with Crippen molar-refractivity contribution in [3.05, 3.63) is 70.2 Å². The zero-order valence-corrected chi connectivity index (χ0v) is 18.9. The number of hydrazone groups is 1. The summed E-state index contributed by atoms with van der Waals surface area (Å²) in [6, 6.07) is 11.9. The number of benzene rings is 2. The molecule has 3 rings (SSSR count). The zero-order chi connectivity index (χ0) is 23.6. The zero-order valence-electron chi connectivity index (χ0n) is 18.1. The molecule has 10 heteroatoms. The van der Waals surface area contributed by atoms with E-state index in [1.165, 1.54) is 23.5 Å². The van der Waals surface area contributed by atoms with Crippen molar-refractivity contribution in [1.29, 1.82) is 0 Å². The summed E-state index contributed by atoms with van der Waals surface area (Å²) >= 11 is 1.34. The molecule has 3 aromatic rings. The Morgan fingerprint density at radius 2 is 1.97 bits per heavy atom. The molecule has 0 saturated heterocycles. The third-order valence-electron chi connectivity index (χ3n) is 4.34. The quantitative estimate of drug-likeness (QED) is 0.246. The number of aromatic nitrogens is 1. The molecule has 0 aliphatic carbocycles. The maximum Gasteiger partial charge on any atom is 0.335 e. The molecule has 1 aromatic heterocycles. The van der Waals surface area contributed by atoms with Crippen molar-refractivity contribution in [2.75, 3.05) is 19.1 Å². The number of hydrogen-bond acceptors (Lipinski definition) is 9. The second-order valence-corrected chi connectivity index (χ2v) is 7.55. The normalized spacial score (nSPS) is 10.7. The van der Waals surface area contributed by atoms with Gasteiger partial charge in [-0.15, -0.1) is 11.3 Å². The van der Waals surface area contributed by atoms with Crippen LogP contribution < -0.4 is 14.9 Å². The number of ether oxygens (including phenoxy) is 3. The Morgan fingerprint density at radius 3 is 2.67 bits per heavy atom. The molecular weight excluding hydrogens is 446 g/mol. The molecule has 0 aliphatic rings. The Kier molecular flexibility index (Phi) is 8.36. The number of methoxy groups -OCH3 is 1. The molecule has 9 nitrogen and oxygen atoms in total. The Balaban J connectivity index is 1.56. The van der Waals surface area contributed by atoms with Crippen LogP contribution in [0.4, 0.5) is 5.13 Å². The van der Waals surface area contributed by atoms with Gasteiger partial charge in [-0.25, -0.2) is 9.78 Å². The first-order valence-corrected chi connectivity index (χ1v) is 10.9. The van der Waals surface area contributed by atoms with Crippen LogP contribution in [-0.4, -0.2) is 42.0 Å². The fourth-order valence-corrected chi connectivity index (χ4v) is 3.41. The predicted octanol–water partition coefficient (Wildman–Crippen LogP) is 3.98. The summed E-state index contributed by atoms with van der Waals surface area (Å²) in [7, 11) is 1.55. The van der Waals surface area contributed by atoms with E-state index in [1.807, 2.05) is 6.07 Å². The minimum atomic E-state index is -0.970. The van der Waals surface area contributed by atoms with Crippen LogP contribution in [0.1, 0.15) is 34.1 Å². The number of carboxylic acid groups (broad SMARTS) is 1. The summed E-state index contributed by atoms with van der Waals surface area (Å²) in [4.78, 5) is 26.8. The highest BCUT2D eigenvalue weighted by molar-refractivity contribution is 7.13. The molecule has 0 saturated carbocycles. The average Bonchev–Trinajstić information content (AvgIpc) is 3.25. The van der Waals surface area contributed by atoms with Crippen LogP contribution in [0.15, 0.2) is 52.9 Å². The van der Waals surface area contributed by atoms with Crippen molar-refractivity contribution in [3.63, 3.8) is 0 Å². The minimum Gasteiger partial charge on any atom is -0.493 e. The van der Waals surface area contributed by atoms with Gasteiger partial charge in [0.25, 0.3) is 0 Å². The third-order valence-corrected chi connectivity index (χ3v) is 5.14. The number of carbonyl (C=O) groups excluding carboxylic acids is 1. The maximum absolute atomic E-state index is 11.5. The van der Waals surface area contributed by atoms with Crippen molar-refractivity contribution in [2.45, 2.75) is 20.0 Å². The van der Waals surface area contributed by atoms with E-state index in [-0.39, 0.29) is 24.6 Å². The average molecular weight is 470 g/mol. The van der Waals surface area contributed by atoms with Gasteiger partial charge in [0.15, 0.2) is 11.5 Å². The number of rotatable bonds is 11. The number of carboxylic acids is 1. The molecule has 2 N–H and O–H groups in total. The van der Waals surface area contributed by atoms with E-state index in [1.54, 1.807) is 49.9 Å². The molecule has 0 fully saturated rings. The first kappa shape index (κ1) is 23.7. The molecule has 0 radical (unpaired) electrons. The van der Waals surface area contributed by atoms with E-state index in [4.69, 9.17) is 19.3 Å². The van der Waals surface area contributed by atoms with Gasteiger partial charge in [0.1, 0.15) is 6.61 Å². The second kappa shape index (κ2) is 11.6. The first-order chi connectivity index (χ1) is 16.0. The number of aromatic carboxylic acids is 1. The number of nitrogens with zero attached hydrogens (tertiary/aromatic N) is 2. The van der Waals surface area contributed by atoms with E-state index < -0.39 is 5.97 Å². The number of esters is 1. The maximum atomic E-state index is 11.5. The van der Waals surface area contributed by atoms with E-state index in [0.717, 1.165) is 11.1 Å². The predicted molar refractivity (Wildman–Crippen MR) is 124 cm³/mol. The van der Waals surface area contributed by atoms with Crippen molar-refractivity contribution in [2.24, 2.45) is 5.10 Å². The summed E-state index contributed by atoms with van der Waals surface area (Å²) < 4.78 is 16.1. The minimum absolute atomic E-state index is 0.123. The lowest BCUT2D eigenvalue weighted by molar-refractivity contribution is -0.142. The molecule has 1 heterocycles. The molecule has 0 spiro atoms. The first-order valence-electron chi connectivity index (χ1n) is 10.0. The Labute approximate surface area is 194 Å². The van der Waals surface area contributed by atoms with Gasteiger partial charge in [0.2, 0.25) is 5.13 Å². The van der Waals surface area contributed by atoms with Crippen LogP contribution in [0, 0.1) is 0 Å². The van der Waals surface area contributed by atoms with Gasteiger partial charge in [0, 0.05) is 5.38 Å². The molecule has 33 heavy (non-hydrogen) atoms. The monoisotopic (exact) mass is 469 g/mol. The van der Waals surface area contributed by atoms with Crippen LogP contribution in [0.2, 0.25) is 0 Å². The van der Waals surface area contributed by atoms with Gasteiger partial charge >= 0.3 is 11.9 Å². The van der Waals surface area contributed by atoms with Crippen molar-refractivity contribution in [3.8, 4) is 11.5 Å². The SMILES string of the molecule is CCOC(=O)Cc1csc(NN=Cc2ccc(OCc3ccc(C(=O)O)cc3)c(OC)c2)n1. The molecule has 2 aromatic carbocycles. The summed E-state index contributed by atoms with van der Waals surface area (Å²) in [5, 5.41) is 15.5. The lowest BCUT2D eigenvalue weighted by atomic mass is 10.1. The summed E-state index contributed by atoms with van der Waals surface area (Å²) in [6.07, 6.45) is 1.74. The highest BCUT2D eigenvalue weighted by Gasteiger charge is 2.09. The topological polar surface area (TPSA) is 119 Å². The highest BCUT2D eigenvalue weighted by Crippen LogP contribution is 2.28. The fraction of sp³-hybridized carbons (Fsp3) is 0.217. The highest BCUT2D eigenvalue weighted by atomic mass is 32.1. The Hall–Kier alpha value is -3.92. The summed E-state index contributed by atoms with van der Waals surface area (Å²) in [5.74, 6) is -0.201. The van der Waals surface area contributed by atoms with Gasteiger partial charge in [-0.3, -0.25) is 10.2 Å². The number of anilines is 1. The van der Waals surface area contributed by atoms with E-state index in [9.17, 15) is 9.59 Å². The molecule has 0 bridgehead atoms. The fourth-order valence-electron chi connectivity index (χ4n) is 2.75. The number of carbonyl (C=O) groups is 2. The Morgan fingerprint density at radius 1 is 1.18 bits per heavy atom. The smallest absolute Gasteiger partial charge is 0.335 e. The molecular formula is C23H23N3O6S. The molecule has 0 amide bonds. The molecule has 0 aliphatic heterocycles. The lowest BCUT2D eigenvalue weighted by Crippen LogP contribution is -2.07. The van der Waals surface area contributed by atoms with E-state index >= 15 is 0 Å². The number of thiazole rings is 1. The molecule has 0 atom stereocenters. The van der Waals surface area contributed by atoms with Crippen LogP contribution in [-0.2, 0) is 22.6 Å². The molecule has 172 valence electrons. The van der Waals surface area contributed by atoms with Crippen LogP contribution >= 0.6 is 11.3 Å². The number of nitrogens with one attached hydrogen (secondary N) is 1. The molecule has 0 unspecified atom stereocenters. The van der Waals surface area contributed by atoms with Crippen LogP contribution in [0.5, 0.6) is 11.5 Å². The van der Waals surface area contributed by atoms with Crippen LogP contribution in [0.3, 0.4) is 0 Å². The third kappa shape index (κ3) is 7.04. The largest absolute Gasteiger partial charge is 0.493 e. The van der Waals surface area contributed by atoms with Crippen molar-refractivity contribution >= 4 is 34.6 Å². The van der Waals surface area contributed by atoms with Crippen molar-refractivity contribution in [1.82, 2.24) is 4.98 Å². The van der Waals surface area contributed by atoms with E-state index in [0.29, 0.717) is 28.9 Å².